The first-order chi connectivity index (χ1) is 9.02. The molecule has 0 aliphatic rings. The Hall–Kier alpha value is -1.20. The number of nitrogens with two attached hydrogens (primary N) is 1. The highest BCUT2D eigenvalue weighted by molar-refractivity contribution is 9.10. The van der Waals surface area contributed by atoms with E-state index >= 15 is 0 Å². The van der Waals surface area contributed by atoms with Crippen molar-refractivity contribution < 1.29 is 4.52 Å². The highest BCUT2D eigenvalue weighted by Gasteiger charge is 2.21. The first-order valence-corrected chi connectivity index (χ1v) is 7.18. The van der Waals surface area contributed by atoms with Gasteiger partial charge in [0.25, 0.3) is 0 Å². The van der Waals surface area contributed by atoms with E-state index in [-0.39, 0.29) is 6.04 Å². The lowest BCUT2D eigenvalue weighted by Gasteiger charge is -2.12. The van der Waals surface area contributed by atoms with Crippen LogP contribution in [-0.2, 0) is 0 Å². The van der Waals surface area contributed by atoms with Gasteiger partial charge in [0.05, 0.1) is 6.04 Å². The van der Waals surface area contributed by atoms with E-state index in [1.807, 2.05) is 25.1 Å². The molecule has 0 bridgehead atoms. The lowest BCUT2D eigenvalue weighted by molar-refractivity contribution is 0.312. The highest BCUT2D eigenvalue weighted by atomic mass is 79.9. The molecule has 0 aliphatic heterocycles. The van der Waals surface area contributed by atoms with Crippen LogP contribution in [0.2, 0.25) is 0 Å². The van der Waals surface area contributed by atoms with Crippen LogP contribution in [0, 0.1) is 12.8 Å². The van der Waals surface area contributed by atoms with E-state index in [1.165, 1.54) is 5.56 Å². The van der Waals surface area contributed by atoms with E-state index < -0.39 is 0 Å². The highest BCUT2D eigenvalue weighted by Crippen LogP contribution is 2.28. The molecular formula is C14H18BrN3O. The minimum absolute atomic E-state index is 0.213. The molecule has 0 aliphatic carbocycles. The summed E-state index contributed by atoms with van der Waals surface area (Å²) in [5.74, 6) is 1.38. The van der Waals surface area contributed by atoms with Gasteiger partial charge in [0, 0.05) is 10.0 Å². The quantitative estimate of drug-likeness (QED) is 0.927. The van der Waals surface area contributed by atoms with Crippen molar-refractivity contribution in [1.82, 2.24) is 10.1 Å². The Morgan fingerprint density at radius 3 is 2.79 bits per heavy atom. The molecule has 102 valence electrons. The van der Waals surface area contributed by atoms with Gasteiger partial charge >= 0.3 is 0 Å². The number of rotatable bonds is 4. The van der Waals surface area contributed by atoms with E-state index in [0.717, 1.165) is 16.5 Å². The second kappa shape index (κ2) is 5.84. The van der Waals surface area contributed by atoms with Crippen molar-refractivity contribution in [1.29, 1.82) is 0 Å². The zero-order valence-corrected chi connectivity index (χ0v) is 12.9. The van der Waals surface area contributed by atoms with Gasteiger partial charge in [-0.3, -0.25) is 0 Å². The van der Waals surface area contributed by atoms with E-state index in [4.69, 9.17) is 10.3 Å². The minimum Gasteiger partial charge on any atom is -0.337 e. The standard InChI is InChI=1S/C14H18BrN3O/c1-4-9(3)12(16)14-17-13(18-19-14)10-6-5-8(2)7-11(10)15/h5-7,9,12H,4,16H2,1-3H3/t9-,12-/m0/s1. The number of hydrogen-bond acceptors (Lipinski definition) is 4. The molecule has 0 fully saturated rings. The average Bonchev–Trinajstić information content (AvgIpc) is 2.86. The SMILES string of the molecule is CC[C@H](C)[C@H](N)c1nc(-c2ccc(C)cc2Br)no1. The lowest BCUT2D eigenvalue weighted by Crippen LogP contribution is -2.18. The zero-order chi connectivity index (χ0) is 14.0. The number of aryl methyl sites for hydroxylation is 1. The summed E-state index contributed by atoms with van der Waals surface area (Å²) in [7, 11) is 0. The third kappa shape index (κ3) is 3.04. The Morgan fingerprint density at radius 2 is 2.16 bits per heavy atom. The van der Waals surface area contributed by atoms with Gasteiger partial charge in [-0.05, 0) is 30.5 Å². The van der Waals surface area contributed by atoms with Crippen LogP contribution < -0.4 is 5.73 Å². The maximum absolute atomic E-state index is 6.09. The van der Waals surface area contributed by atoms with Crippen molar-refractivity contribution in [2.24, 2.45) is 11.7 Å². The predicted octanol–water partition coefficient (Wildman–Crippen LogP) is 3.85. The normalized spacial score (nSPS) is 14.4. The first kappa shape index (κ1) is 14.2. The van der Waals surface area contributed by atoms with Gasteiger partial charge in [-0.15, -0.1) is 0 Å². The fourth-order valence-corrected chi connectivity index (χ4v) is 2.45. The summed E-state index contributed by atoms with van der Waals surface area (Å²) < 4.78 is 6.24. The van der Waals surface area contributed by atoms with Crippen molar-refractivity contribution in [3.05, 3.63) is 34.1 Å². The average molecular weight is 324 g/mol. The Labute approximate surface area is 121 Å². The van der Waals surface area contributed by atoms with E-state index in [1.54, 1.807) is 0 Å². The van der Waals surface area contributed by atoms with Gasteiger partial charge in [-0.2, -0.15) is 4.98 Å². The molecule has 4 nitrogen and oxygen atoms in total. The zero-order valence-electron chi connectivity index (χ0n) is 11.4. The summed E-state index contributed by atoms with van der Waals surface area (Å²) in [4.78, 5) is 4.41. The molecule has 2 aromatic rings. The van der Waals surface area contributed by atoms with Crippen LogP contribution in [0.1, 0.15) is 37.8 Å². The Balaban J connectivity index is 2.30. The smallest absolute Gasteiger partial charge is 0.244 e. The number of aromatic nitrogens is 2. The molecule has 1 aromatic carbocycles. The van der Waals surface area contributed by atoms with E-state index in [0.29, 0.717) is 17.6 Å². The first-order valence-electron chi connectivity index (χ1n) is 6.38. The predicted molar refractivity (Wildman–Crippen MR) is 78.6 cm³/mol. The summed E-state index contributed by atoms with van der Waals surface area (Å²) in [6.07, 6.45) is 0.979. The molecule has 0 unspecified atom stereocenters. The number of benzene rings is 1. The van der Waals surface area contributed by atoms with E-state index in [9.17, 15) is 0 Å². The third-order valence-corrected chi connectivity index (χ3v) is 4.01. The second-order valence-corrected chi connectivity index (χ2v) is 5.71. The molecule has 0 saturated heterocycles. The van der Waals surface area contributed by atoms with E-state index in [2.05, 4.69) is 39.9 Å². The van der Waals surface area contributed by atoms with Gasteiger partial charge in [-0.25, -0.2) is 0 Å². The lowest BCUT2D eigenvalue weighted by atomic mass is 10.0. The number of nitrogens with zero attached hydrogens (tertiary/aromatic N) is 2. The Morgan fingerprint density at radius 1 is 1.42 bits per heavy atom. The molecule has 2 rings (SSSR count). The van der Waals surface area contributed by atoms with Crippen LogP contribution in [0.4, 0.5) is 0 Å². The van der Waals surface area contributed by atoms with Crippen LogP contribution >= 0.6 is 15.9 Å². The monoisotopic (exact) mass is 323 g/mol. The number of hydrogen-bond donors (Lipinski definition) is 1. The molecule has 0 amide bonds. The minimum atomic E-state index is -0.213. The summed E-state index contributed by atoms with van der Waals surface area (Å²) in [6.45, 7) is 6.21. The topological polar surface area (TPSA) is 64.9 Å². The third-order valence-electron chi connectivity index (χ3n) is 3.35. The fourth-order valence-electron chi connectivity index (χ4n) is 1.78. The molecule has 2 N–H and O–H groups in total. The van der Waals surface area contributed by atoms with Crippen molar-refractivity contribution in [3.63, 3.8) is 0 Å². The van der Waals surface area contributed by atoms with Crippen LogP contribution in [0.5, 0.6) is 0 Å². The molecule has 1 heterocycles. The molecule has 1 aromatic heterocycles. The van der Waals surface area contributed by atoms with Gasteiger partial charge in [0.1, 0.15) is 0 Å². The van der Waals surface area contributed by atoms with Crippen molar-refractivity contribution >= 4 is 15.9 Å². The molecule has 19 heavy (non-hydrogen) atoms. The van der Waals surface area contributed by atoms with Gasteiger partial charge in [-0.1, -0.05) is 47.4 Å². The van der Waals surface area contributed by atoms with Crippen LogP contribution in [0.3, 0.4) is 0 Å². The number of halogens is 1. The largest absolute Gasteiger partial charge is 0.337 e. The van der Waals surface area contributed by atoms with Crippen LogP contribution in [0.15, 0.2) is 27.2 Å². The van der Waals surface area contributed by atoms with Gasteiger partial charge in [0.2, 0.25) is 11.7 Å². The van der Waals surface area contributed by atoms with Crippen molar-refractivity contribution in [3.8, 4) is 11.4 Å². The summed E-state index contributed by atoms with van der Waals surface area (Å²) in [5, 5.41) is 4.02. The fraction of sp³-hybridized carbons (Fsp3) is 0.429. The molecule has 0 radical (unpaired) electrons. The molecule has 5 heteroatoms. The van der Waals surface area contributed by atoms with Crippen molar-refractivity contribution in [2.45, 2.75) is 33.2 Å². The molecular weight excluding hydrogens is 306 g/mol. The maximum Gasteiger partial charge on any atom is 0.244 e. The van der Waals surface area contributed by atoms with Crippen LogP contribution in [-0.4, -0.2) is 10.1 Å². The van der Waals surface area contributed by atoms with Crippen molar-refractivity contribution in [2.75, 3.05) is 0 Å². The van der Waals surface area contributed by atoms with Crippen LogP contribution in [0.25, 0.3) is 11.4 Å². The summed E-state index contributed by atoms with van der Waals surface area (Å²) in [6, 6.07) is 5.81. The molecule has 2 atom stereocenters. The summed E-state index contributed by atoms with van der Waals surface area (Å²) in [5.41, 5.74) is 8.19. The Bertz CT molecular complexity index is 568. The summed E-state index contributed by atoms with van der Waals surface area (Å²) >= 11 is 3.52. The van der Waals surface area contributed by atoms with Gasteiger partial charge in [0.15, 0.2) is 0 Å². The molecule has 0 saturated carbocycles. The maximum atomic E-state index is 6.09. The Kier molecular flexibility index (Phi) is 4.37. The second-order valence-electron chi connectivity index (χ2n) is 4.85. The van der Waals surface area contributed by atoms with Gasteiger partial charge < -0.3 is 10.3 Å². The molecule has 0 spiro atoms.